The van der Waals surface area contributed by atoms with E-state index in [1.165, 1.54) is 24.0 Å². The highest BCUT2D eigenvalue weighted by Gasteiger charge is 2.20. The van der Waals surface area contributed by atoms with E-state index in [1.807, 2.05) is 19.2 Å². The number of aryl methyl sites for hydroxylation is 2. The number of pyridine rings is 1. The number of nitrogens with one attached hydrogen (secondary N) is 2. The first-order valence-electron chi connectivity index (χ1n) is 9.53. The molecule has 4 heteroatoms. The largest absolute Gasteiger partial charge is 0.378 e. The predicted octanol–water partition coefficient (Wildman–Crippen LogP) is 5.42. The summed E-state index contributed by atoms with van der Waals surface area (Å²) in [5, 5.41) is 12.6. The van der Waals surface area contributed by atoms with Crippen molar-refractivity contribution in [1.29, 1.82) is 0 Å². The van der Waals surface area contributed by atoms with Gasteiger partial charge in [0.05, 0.1) is 11.6 Å². The van der Waals surface area contributed by atoms with E-state index < -0.39 is 0 Å². The zero-order valence-electron chi connectivity index (χ0n) is 15.4. The molecule has 27 heavy (non-hydrogen) atoms. The molecule has 0 amide bonds. The van der Waals surface area contributed by atoms with Crippen LogP contribution >= 0.6 is 0 Å². The average Bonchev–Trinajstić information content (AvgIpc) is 3.12. The van der Waals surface area contributed by atoms with Gasteiger partial charge < -0.3 is 5.32 Å². The van der Waals surface area contributed by atoms with Crippen LogP contribution < -0.4 is 5.32 Å². The van der Waals surface area contributed by atoms with Crippen molar-refractivity contribution >= 4 is 16.6 Å². The molecule has 0 saturated heterocycles. The minimum Gasteiger partial charge on any atom is -0.378 e. The zero-order valence-corrected chi connectivity index (χ0v) is 15.4. The van der Waals surface area contributed by atoms with E-state index in [1.54, 1.807) is 0 Å². The number of aromatic amines is 1. The number of benzene rings is 2. The summed E-state index contributed by atoms with van der Waals surface area (Å²) in [5.41, 5.74) is 8.15. The van der Waals surface area contributed by atoms with Crippen LogP contribution in [0.3, 0.4) is 0 Å². The smallest absolute Gasteiger partial charge is 0.100 e. The van der Waals surface area contributed by atoms with Gasteiger partial charge in [-0.15, -0.1) is 0 Å². The lowest BCUT2D eigenvalue weighted by atomic mass is 9.87. The van der Waals surface area contributed by atoms with E-state index in [2.05, 4.69) is 69.0 Å². The van der Waals surface area contributed by atoms with Crippen molar-refractivity contribution in [2.75, 3.05) is 5.32 Å². The normalized spacial score (nSPS) is 16.3. The number of aromatic nitrogens is 3. The van der Waals surface area contributed by atoms with Gasteiger partial charge in [0.25, 0.3) is 0 Å². The van der Waals surface area contributed by atoms with Crippen molar-refractivity contribution in [3.05, 3.63) is 77.6 Å². The van der Waals surface area contributed by atoms with Gasteiger partial charge in [-0.1, -0.05) is 24.3 Å². The molecular formula is C23H22N4. The molecule has 2 aromatic carbocycles. The van der Waals surface area contributed by atoms with Crippen molar-refractivity contribution in [2.24, 2.45) is 0 Å². The van der Waals surface area contributed by atoms with Gasteiger partial charge in [-0.3, -0.25) is 10.1 Å². The van der Waals surface area contributed by atoms with Gasteiger partial charge in [-0.05, 0) is 67.6 Å². The van der Waals surface area contributed by atoms with Crippen LogP contribution in [0.5, 0.6) is 0 Å². The average molecular weight is 354 g/mol. The highest BCUT2D eigenvalue weighted by Crippen LogP contribution is 2.34. The molecule has 134 valence electrons. The van der Waals surface area contributed by atoms with Crippen molar-refractivity contribution in [3.63, 3.8) is 0 Å². The topological polar surface area (TPSA) is 53.6 Å². The number of H-pyrrole nitrogens is 1. The fourth-order valence-corrected chi connectivity index (χ4v) is 4.12. The number of anilines is 1. The third kappa shape index (κ3) is 2.97. The molecule has 0 radical (unpaired) electrons. The van der Waals surface area contributed by atoms with Crippen molar-refractivity contribution < 1.29 is 0 Å². The molecule has 1 aliphatic carbocycles. The van der Waals surface area contributed by atoms with Gasteiger partial charge in [0, 0.05) is 28.5 Å². The Morgan fingerprint density at radius 1 is 1.07 bits per heavy atom. The molecule has 1 aliphatic rings. The quantitative estimate of drug-likeness (QED) is 0.516. The molecule has 4 nitrogen and oxygen atoms in total. The molecule has 0 unspecified atom stereocenters. The maximum atomic E-state index is 4.55. The Labute approximate surface area is 158 Å². The van der Waals surface area contributed by atoms with E-state index in [9.17, 15) is 0 Å². The third-order valence-corrected chi connectivity index (χ3v) is 5.44. The van der Waals surface area contributed by atoms with E-state index in [0.717, 1.165) is 40.0 Å². The van der Waals surface area contributed by atoms with E-state index >= 15 is 0 Å². The van der Waals surface area contributed by atoms with Crippen LogP contribution in [-0.4, -0.2) is 15.2 Å². The molecule has 2 N–H and O–H groups in total. The minimum absolute atomic E-state index is 0.367. The van der Waals surface area contributed by atoms with Crippen molar-refractivity contribution in [1.82, 2.24) is 15.2 Å². The van der Waals surface area contributed by atoms with Crippen molar-refractivity contribution in [2.45, 2.75) is 32.2 Å². The zero-order chi connectivity index (χ0) is 18.2. The Kier molecular flexibility index (Phi) is 3.89. The van der Waals surface area contributed by atoms with Crippen LogP contribution in [0.1, 0.15) is 35.7 Å². The number of nitrogens with zero attached hydrogens (tertiary/aromatic N) is 2. The standard InChI is InChI=1S/C23H22N4/c1-15-13-17(11-12-24-15)23-20-14-18(9-10-22(20)26-27-23)25-21-8-4-6-16-5-2-3-7-19(16)21/h2-3,5,7,9-14,21,25H,4,6,8H2,1H3,(H,26,27)/t21-/m1/s1. The summed E-state index contributed by atoms with van der Waals surface area (Å²) in [6.45, 7) is 2.01. The molecule has 0 fully saturated rings. The molecule has 0 bridgehead atoms. The Balaban J connectivity index is 1.51. The molecule has 0 saturated carbocycles. The molecular weight excluding hydrogens is 332 g/mol. The summed E-state index contributed by atoms with van der Waals surface area (Å²) in [4.78, 5) is 4.30. The number of rotatable bonds is 3. The first-order valence-corrected chi connectivity index (χ1v) is 9.53. The maximum Gasteiger partial charge on any atom is 0.100 e. The second kappa shape index (κ2) is 6.54. The molecule has 4 aromatic rings. The fourth-order valence-electron chi connectivity index (χ4n) is 4.12. The Bertz CT molecular complexity index is 1110. The Hall–Kier alpha value is -3.14. The number of hydrogen-bond acceptors (Lipinski definition) is 3. The van der Waals surface area contributed by atoms with E-state index in [-0.39, 0.29) is 0 Å². The highest BCUT2D eigenvalue weighted by molar-refractivity contribution is 5.94. The summed E-state index contributed by atoms with van der Waals surface area (Å²) in [7, 11) is 0. The lowest BCUT2D eigenvalue weighted by molar-refractivity contribution is 0.600. The van der Waals surface area contributed by atoms with Crippen LogP contribution in [0, 0.1) is 6.92 Å². The van der Waals surface area contributed by atoms with Crippen LogP contribution in [0.25, 0.3) is 22.2 Å². The van der Waals surface area contributed by atoms with Crippen LogP contribution in [0.4, 0.5) is 5.69 Å². The summed E-state index contributed by atoms with van der Waals surface area (Å²) >= 11 is 0. The molecule has 0 aliphatic heterocycles. The van der Waals surface area contributed by atoms with Gasteiger partial charge in [0.2, 0.25) is 0 Å². The second-order valence-electron chi connectivity index (χ2n) is 7.31. The van der Waals surface area contributed by atoms with Gasteiger partial charge >= 0.3 is 0 Å². The summed E-state index contributed by atoms with van der Waals surface area (Å²) in [5.74, 6) is 0. The molecule has 0 spiro atoms. The van der Waals surface area contributed by atoms with Crippen LogP contribution in [0.15, 0.2) is 60.8 Å². The third-order valence-electron chi connectivity index (χ3n) is 5.44. The molecule has 5 rings (SSSR count). The summed E-state index contributed by atoms with van der Waals surface area (Å²) in [6.07, 6.45) is 5.41. The highest BCUT2D eigenvalue weighted by atomic mass is 15.1. The summed E-state index contributed by atoms with van der Waals surface area (Å²) < 4.78 is 0. The lowest BCUT2D eigenvalue weighted by Gasteiger charge is -2.27. The Morgan fingerprint density at radius 2 is 2.00 bits per heavy atom. The number of hydrogen-bond donors (Lipinski definition) is 2. The van der Waals surface area contributed by atoms with Gasteiger partial charge in [0.15, 0.2) is 0 Å². The second-order valence-corrected chi connectivity index (χ2v) is 7.31. The fraction of sp³-hybridized carbons (Fsp3) is 0.217. The van der Waals surface area contributed by atoms with Gasteiger partial charge in [-0.2, -0.15) is 5.10 Å². The number of fused-ring (bicyclic) bond motifs is 2. The monoisotopic (exact) mass is 354 g/mol. The lowest BCUT2D eigenvalue weighted by Crippen LogP contribution is -2.17. The van der Waals surface area contributed by atoms with Crippen LogP contribution in [-0.2, 0) is 6.42 Å². The van der Waals surface area contributed by atoms with Crippen LogP contribution in [0.2, 0.25) is 0 Å². The van der Waals surface area contributed by atoms with Gasteiger partial charge in [0.1, 0.15) is 5.69 Å². The SMILES string of the molecule is Cc1cc(-c2n[nH]c3ccc(N[C@@H]4CCCc5ccccc54)cc23)ccn1. The van der Waals surface area contributed by atoms with E-state index in [4.69, 9.17) is 0 Å². The first-order chi connectivity index (χ1) is 13.3. The Morgan fingerprint density at radius 3 is 2.93 bits per heavy atom. The first kappa shape index (κ1) is 16.1. The summed E-state index contributed by atoms with van der Waals surface area (Å²) in [6, 6.07) is 19.7. The predicted molar refractivity (Wildman–Crippen MR) is 110 cm³/mol. The molecule has 1 atom stereocenters. The van der Waals surface area contributed by atoms with Gasteiger partial charge in [-0.25, -0.2) is 0 Å². The van der Waals surface area contributed by atoms with E-state index in [0.29, 0.717) is 6.04 Å². The van der Waals surface area contributed by atoms with Crippen molar-refractivity contribution in [3.8, 4) is 11.3 Å². The minimum atomic E-state index is 0.367. The maximum absolute atomic E-state index is 4.55. The molecule has 2 aromatic heterocycles. The molecule has 2 heterocycles.